The fourth-order valence-electron chi connectivity index (χ4n) is 11.4. The second kappa shape index (κ2) is 58.2. The lowest BCUT2D eigenvalue weighted by molar-refractivity contribution is -0.379. The van der Waals surface area contributed by atoms with Gasteiger partial charge in [-0.1, -0.05) is 243 Å². The van der Waals surface area contributed by atoms with Crippen LogP contribution in [0.1, 0.15) is 213 Å². The molecule has 0 spiro atoms. The zero-order valence-electron chi connectivity index (χ0n) is 59.2. The highest BCUT2D eigenvalue weighted by Crippen LogP contribution is 2.33. The van der Waals surface area contributed by atoms with Crippen LogP contribution in [0.4, 0.5) is 0 Å². The van der Waals surface area contributed by atoms with Gasteiger partial charge in [0.2, 0.25) is 5.91 Å². The number of carbonyl (C=O) groups is 1. The monoisotopic (exact) mass is 1380 g/mol. The highest BCUT2D eigenvalue weighted by Gasteiger charge is 2.53. The fraction of sp³-hybridized carbons (Fsp3) is 0.684. The van der Waals surface area contributed by atoms with Gasteiger partial charge in [0.1, 0.15) is 73.2 Å². The molecule has 19 nitrogen and oxygen atoms in total. The van der Waals surface area contributed by atoms with E-state index in [1.807, 2.05) is 6.08 Å². The predicted octanol–water partition coefficient (Wildman–Crippen LogP) is 11.1. The second-order valence-electron chi connectivity index (χ2n) is 25.7. The number of unbranched alkanes of at least 4 members (excludes halogenated alkanes) is 17. The summed E-state index contributed by atoms with van der Waals surface area (Å²) in [5, 5.41) is 120. The molecule has 1 amide bonds. The maximum Gasteiger partial charge on any atom is 0.220 e. The topological polar surface area (TPSA) is 307 Å². The van der Waals surface area contributed by atoms with E-state index in [0.717, 1.165) is 116 Å². The average Bonchev–Trinajstić information content (AvgIpc) is 0.785. The Morgan fingerprint density at radius 2 is 0.714 bits per heavy atom. The molecular formula is C79H129NO18. The van der Waals surface area contributed by atoms with Crippen molar-refractivity contribution < 1.29 is 89.4 Å². The van der Waals surface area contributed by atoms with Crippen LogP contribution in [0, 0.1) is 0 Å². The van der Waals surface area contributed by atoms with Gasteiger partial charge in [-0.3, -0.25) is 4.79 Å². The molecule has 0 saturated carbocycles. The number of carbonyl (C=O) groups excluding carboxylic acids is 1. The van der Waals surface area contributed by atoms with E-state index < -0.39 is 124 Å². The van der Waals surface area contributed by atoms with Crippen molar-refractivity contribution in [3.8, 4) is 0 Å². The predicted molar refractivity (Wildman–Crippen MR) is 387 cm³/mol. The Morgan fingerprint density at radius 1 is 0.378 bits per heavy atom. The molecule has 17 atom stereocenters. The molecule has 98 heavy (non-hydrogen) atoms. The van der Waals surface area contributed by atoms with Crippen LogP contribution in [-0.4, -0.2) is 193 Å². The van der Waals surface area contributed by atoms with Crippen molar-refractivity contribution >= 4 is 5.91 Å². The van der Waals surface area contributed by atoms with Crippen LogP contribution < -0.4 is 5.32 Å². The Hall–Kier alpha value is -4.33. The smallest absolute Gasteiger partial charge is 0.220 e. The fourth-order valence-corrected chi connectivity index (χ4v) is 11.4. The van der Waals surface area contributed by atoms with Gasteiger partial charge in [-0.15, -0.1) is 0 Å². The van der Waals surface area contributed by atoms with Crippen molar-refractivity contribution in [2.75, 3.05) is 26.4 Å². The van der Waals surface area contributed by atoms with Crippen molar-refractivity contribution in [3.05, 3.63) is 146 Å². The van der Waals surface area contributed by atoms with Gasteiger partial charge >= 0.3 is 0 Å². The summed E-state index contributed by atoms with van der Waals surface area (Å²) in [6.07, 6.45) is 57.1. The van der Waals surface area contributed by atoms with Gasteiger partial charge in [0.15, 0.2) is 18.9 Å². The third-order valence-electron chi connectivity index (χ3n) is 17.4. The van der Waals surface area contributed by atoms with E-state index in [1.165, 1.54) is 64.2 Å². The zero-order chi connectivity index (χ0) is 71.1. The molecule has 3 fully saturated rings. The number of aliphatic hydroxyl groups excluding tert-OH is 11. The van der Waals surface area contributed by atoms with Crippen molar-refractivity contribution in [2.45, 2.75) is 317 Å². The number of hydrogen-bond donors (Lipinski definition) is 12. The number of hydrogen-bond acceptors (Lipinski definition) is 18. The van der Waals surface area contributed by atoms with Crippen LogP contribution in [0.5, 0.6) is 0 Å². The molecule has 3 heterocycles. The Labute approximate surface area is 587 Å². The molecule has 0 aromatic carbocycles. The van der Waals surface area contributed by atoms with Crippen LogP contribution in [0.2, 0.25) is 0 Å². The third kappa shape index (κ3) is 38.6. The standard InChI is InChI=1S/C79H129NO18/c1-3-5-7-9-11-13-15-17-18-19-20-21-22-23-24-25-26-27-28-29-30-31-32-33-34-35-36-37-38-39-40-41-42-43-44-45-47-49-51-53-55-57-67(85)80-62(63(84)56-54-52-50-48-46-16-14-12-10-8-6-4-2)61-93-77-73(91)70(88)75(65(59-82)95-77)98-79-74(92)71(89)76(66(60-83)96-79)97-78-72(90)69(87)68(86)64(58-81)94-78/h5,7,11,13,17-18,20-21,23-24,26-27,29-30,32-33,35-36,38-39,46,48,54,56,62-66,68-79,81-84,86-92H,3-4,6,8-10,12,14-16,19,22,25,28,31,34,37,40-45,47,49-53,55,57-61H2,1-2H3,(H,80,85)/b7-5-,13-11-,18-17-,21-20-,24-23-,27-26-,30-29-,33-32-,36-35-,39-38-,48-46+,56-54+. The minimum absolute atomic E-state index is 0.221. The van der Waals surface area contributed by atoms with Crippen molar-refractivity contribution in [1.29, 1.82) is 0 Å². The first-order valence-corrected chi connectivity index (χ1v) is 37.1. The maximum absolute atomic E-state index is 13.4. The Morgan fingerprint density at radius 3 is 1.14 bits per heavy atom. The van der Waals surface area contributed by atoms with E-state index >= 15 is 0 Å². The van der Waals surface area contributed by atoms with E-state index in [1.54, 1.807) is 6.08 Å². The van der Waals surface area contributed by atoms with Crippen molar-refractivity contribution in [3.63, 3.8) is 0 Å². The minimum atomic E-state index is -1.99. The number of aliphatic hydroxyl groups is 11. The number of allylic oxidation sites excluding steroid dienone is 23. The molecule has 0 aromatic rings. The molecule has 0 aliphatic carbocycles. The molecule has 3 rings (SSSR count). The second-order valence-corrected chi connectivity index (χ2v) is 25.7. The maximum atomic E-state index is 13.4. The normalized spacial score (nSPS) is 27.6. The molecule has 19 heteroatoms. The minimum Gasteiger partial charge on any atom is -0.394 e. The number of nitrogens with one attached hydrogen (secondary N) is 1. The third-order valence-corrected chi connectivity index (χ3v) is 17.4. The van der Waals surface area contributed by atoms with Crippen molar-refractivity contribution in [1.82, 2.24) is 5.32 Å². The molecular weight excluding hydrogens is 1250 g/mol. The number of amides is 1. The Kier molecular flexibility index (Phi) is 52.2. The van der Waals surface area contributed by atoms with Gasteiger partial charge in [-0.2, -0.15) is 0 Å². The van der Waals surface area contributed by atoms with E-state index in [4.69, 9.17) is 28.4 Å². The lowest BCUT2D eigenvalue weighted by atomic mass is 9.96. The van der Waals surface area contributed by atoms with Gasteiger partial charge < -0.3 is 89.9 Å². The molecule has 12 N–H and O–H groups in total. The first-order valence-electron chi connectivity index (χ1n) is 37.1. The van der Waals surface area contributed by atoms with E-state index in [0.29, 0.717) is 12.8 Å². The summed E-state index contributed by atoms with van der Waals surface area (Å²) in [6, 6.07) is -1.00. The summed E-state index contributed by atoms with van der Waals surface area (Å²) in [7, 11) is 0. The summed E-state index contributed by atoms with van der Waals surface area (Å²) < 4.78 is 34.3. The number of rotatable bonds is 55. The van der Waals surface area contributed by atoms with Crippen LogP contribution in [0.15, 0.2) is 146 Å². The van der Waals surface area contributed by atoms with Gasteiger partial charge in [-0.05, 0) is 109 Å². The first-order chi connectivity index (χ1) is 47.8. The van der Waals surface area contributed by atoms with Gasteiger partial charge in [-0.25, -0.2) is 0 Å². The average molecular weight is 1380 g/mol. The van der Waals surface area contributed by atoms with E-state index in [-0.39, 0.29) is 18.9 Å². The van der Waals surface area contributed by atoms with E-state index in [2.05, 4.69) is 153 Å². The number of ether oxygens (including phenoxy) is 6. The van der Waals surface area contributed by atoms with Crippen LogP contribution in [0.25, 0.3) is 0 Å². The summed E-state index contributed by atoms with van der Waals surface area (Å²) in [6.45, 7) is 1.54. The Bertz CT molecular complexity index is 2340. The largest absolute Gasteiger partial charge is 0.394 e. The Balaban J connectivity index is 1.32. The molecule has 3 aliphatic rings. The molecule has 0 aromatic heterocycles. The van der Waals surface area contributed by atoms with Gasteiger partial charge in [0.25, 0.3) is 0 Å². The molecule has 558 valence electrons. The molecule has 0 radical (unpaired) electrons. The van der Waals surface area contributed by atoms with Crippen LogP contribution >= 0.6 is 0 Å². The lowest BCUT2D eigenvalue weighted by Gasteiger charge is -2.48. The molecule has 3 saturated heterocycles. The summed E-state index contributed by atoms with van der Waals surface area (Å²) >= 11 is 0. The highest BCUT2D eigenvalue weighted by molar-refractivity contribution is 5.76. The SMILES string of the molecule is CC/C=C\C/C=C\C/C=C\C/C=C\C/C=C\C/C=C\C/C=C\C/C=C\C/C=C\C/C=C\CCCCCCCCCCCCC(=O)NC(COC1OC(CO)C(OC2OC(CO)C(OC3OC(CO)C(O)C(O)C3O)C(O)C2O)C(O)C1O)C(O)/C=C/CC/C=C/CCCCCCCC. The summed E-state index contributed by atoms with van der Waals surface area (Å²) in [5.41, 5.74) is 0. The van der Waals surface area contributed by atoms with Gasteiger partial charge in [0.05, 0.1) is 38.6 Å². The highest BCUT2D eigenvalue weighted by atomic mass is 16.8. The quantitative estimate of drug-likeness (QED) is 0.0199. The van der Waals surface area contributed by atoms with Crippen LogP contribution in [0.3, 0.4) is 0 Å². The molecule has 0 bridgehead atoms. The zero-order valence-corrected chi connectivity index (χ0v) is 59.2. The molecule has 3 aliphatic heterocycles. The first kappa shape index (κ1) is 87.9. The summed E-state index contributed by atoms with van der Waals surface area (Å²) in [5.74, 6) is -0.298. The van der Waals surface area contributed by atoms with E-state index in [9.17, 15) is 61.0 Å². The lowest BCUT2D eigenvalue weighted by Crippen LogP contribution is -2.66. The van der Waals surface area contributed by atoms with Crippen LogP contribution in [-0.2, 0) is 33.2 Å². The van der Waals surface area contributed by atoms with Gasteiger partial charge in [0, 0.05) is 6.42 Å². The summed E-state index contributed by atoms with van der Waals surface area (Å²) in [4.78, 5) is 13.4. The molecule has 17 unspecified atom stereocenters. The van der Waals surface area contributed by atoms with Crippen molar-refractivity contribution in [2.24, 2.45) is 0 Å².